The van der Waals surface area contributed by atoms with Crippen LogP contribution < -0.4 is 15.4 Å². The molecular formula is C15H25N3O2S. The maximum atomic E-state index is 12.4. The van der Waals surface area contributed by atoms with Gasteiger partial charge < -0.3 is 10.6 Å². The average Bonchev–Trinajstić information content (AvgIpc) is 2.47. The molecule has 1 saturated carbocycles. The highest BCUT2D eigenvalue weighted by Crippen LogP contribution is 2.30. The number of hydrogen-bond acceptors (Lipinski definition) is 4. The first kappa shape index (κ1) is 16.3. The summed E-state index contributed by atoms with van der Waals surface area (Å²) in [7, 11) is -1.53. The lowest BCUT2D eigenvalue weighted by Crippen LogP contribution is -2.48. The van der Waals surface area contributed by atoms with Crippen LogP contribution in [0.1, 0.15) is 32.6 Å². The van der Waals surface area contributed by atoms with Gasteiger partial charge >= 0.3 is 0 Å². The topological polar surface area (TPSA) is 75.4 Å². The number of anilines is 1. The van der Waals surface area contributed by atoms with Crippen LogP contribution in [0.4, 0.5) is 5.69 Å². The summed E-state index contributed by atoms with van der Waals surface area (Å²) in [5.74, 6) is 0. The summed E-state index contributed by atoms with van der Waals surface area (Å²) < 4.78 is 27.3. The number of para-hydroxylation sites is 1. The summed E-state index contributed by atoms with van der Waals surface area (Å²) >= 11 is 0. The van der Waals surface area contributed by atoms with Crippen LogP contribution >= 0.6 is 0 Å². The third kappa shape index (κ3) is 3.56. The fourth-order valence-corrected chi connectivity index (χ4v) is 4.32. The summed E-state index contributed by atoms with van der Waals surface area (Å²) in [6.45, 7) is 2.16. The normalized spacial score (nSPS) is 23.0. The van der Waals surface area contributed by atoms with E-state index in [0.29, 0.717) is 11.4 Å². The fourth-order valence-electron chi connectivity index (χ4n) is 3.04. The van der Waals surface area contributed by atoms with Crippen molar-refractivity contribution in [3.05, 3.63) is 24.3 Å². The Bertz CT molecular complexity index is 574. The molecule has 3 N–H and O–H groups in total. The Morgan fingerprint density at radius 2 is 1.95 bits per heavy atom. The summed E-state index contributed by atoms with van der Waals surface area (Å²) in [5, 5.41) is 0. The molecule has 1 fully saturated rings. The fraction of sp³-hybridized carbons (Fsp3) is 0.600. The molecular weight excluding hydrogens is 286 g/mol. The van der Waals surface area contributed by atoms with Crippen molar-refractivity contribution in [2.24, 2.45) is 5.73 Å². The summed E-state index contributed by atoms with van der Waals surface area (Å²) in [6, 6.07) is 7.41. The van der Waals surface area contributed by atoms with Crippen LogP contribution in [0.5, 0.6) is 0 Å². The Kier molecular flexibility index (Phi) is 5.24. The molecule has 0 aromatic heterocycles. The molecule has 0 saturated heterocycles. The molecule has 2 rings (SSSR count). The molecule has 21 heavy (non-hydrogen) atoms. The van der Waals surface area contributed by atoms with Gasteiger partial charge in [-0.3, -0.25) is 0 Å². The molecule has 0 bridgehead atoms. The van der Waals surface area contributed by atoms with Gasteiger partial charge in [-0.15, -0.1) is 0 Å². The number of sulfonamides is 1. The molecule has 0 aliphatic heterocycles. The molecule has 2 unspecified atom stereocenters. The molecule has 0 amide bonds. The van der Waals surface area contributed by atoms with Gasteiger partial charge in [-0.2, -0.15) is 0 Å². The third-order valence-corrected chi connectivity index (χ3v) is 5.74. The minimum atomic E-state index is -3.47. The van der Waals surface area contributed by atoms with Crippen molar-refractivity contribution in [2.75, 3.05) is 18.5 Å². The van der Waals surface area contributed by atoms with Crippen molar-refractivity contribution in [2.45, 2.75) is 49.6 Å². The van der Waals surface area contributed by atoms with Crippen molar-refractivity contribution in [3.63, 3.8) is 0 Å². The number of rotatable bonds is 5. The first-order chi connectivity index (χ1) is 9.97. The van der Waals surface area contributed by atoms with Crippen LogP contribution in [-0.2, 0) is 10.0 Å². The second-order valence-electron chi connectivity index (χ2n) is 5.60. The lowest BCUT2D eigenvalue weighted by atomic mass is 9.90. The number of nitrogens with zero attached hydrogens (tertiary/aromatic N) is 1. The van der Waals surface area contributed by atoms with Crippen molar-refractivity contribution < 1.29 is 8.42 Å². The van der Waals surface area contributed by atoms with Crippen molar-refractivity contribution in [1.82, 2.24) is 4.72 Å². The summed E-state index contributed by atoms with van der Waals surface area (Å²) in [5.41, 5.74) is 6.95. The number of nitrogens with two attached hydrogens (primary N) is 1. The van der Waals surface area contributed by atoms with E-state index in [9.17, 15) is 8.42 Å². The predicted octanol–water partition coefficient (Wildman–Crippen LogP) is 1.69. The zero-order valence-electron chi connectivity index (χ0n) is 12.7. The van der Waals surface area contributed by atoms with E-state index in [2.05, 4.69) is 4.72 Å². The van der Waals surface area contributed by atoms with Crippen LogP contribution in [0.15, 0.2) is 29.2 Å². The number of likely N-dealkylation sites (N-methyl/N-ethyl adjacent to an activating group) is 1. The second kappa shape index (κ2) is 6.77. The number of benzene rings is 1. The van der Waals surface area contributed by atoms with E-state index in [1.165, 1.54) is 0 Å². The molecule has 1 aromatic carbocycles. The third-order valence-electron chi connectivity index (χ3n) is 4.15. The first-order valence-electron chi connectivity index (χ1n) is 7.54. The van der Waals surface area contributed by atoms with Gasteiger partial charge in [0.25, 0.3) is 0 Å². The van der Waals surface area contributed by atoms with Gasteiger partial charge in [0.05, 0.1) is 5.69 Å². The maximum Gasteiger partial charge on any atom is 0.242 e. The van der Waals surface area contributed by atoms with E-state index in [0.717, 1.165) is 31.4 Å². The van der Waals surface area contributed by atoms with Crippen LogP contribution in [0.3, 0.4) is 0 Å². The zero-order valence-corrected chi connectivity index (χ0v) is 13.6. The van der Waals surface area contributed by atoms with Gasteiger partial charge in [0, 0.05) is 25.7 Å². The lowest BCUT2D eigenvalue weighted by Gasteiger charge is -2.38. The van der Waals surface area contributed by atoms with Crippen LogP contribution in [0.25, 0.3) is 0 Å². The van der Waals surface area contributed by atoms with Gasteiger partial charge in [-0.1, -0.05) is 31.9 Å². The molecule has 6 heteroatoms. The van der Waals surface area contributed by atoms with Crippen molar-refractivity contribution >= 4 is 15.7 Å². The summed E-state index contributed by atoms with van der Waals surface area (Å²) in [4.78, 5) is 2.36. The minimum absolute atomic E-state index is 0.0960. The number of hydrogen-bond donors (Lipinski definition) is 2. The number of nitrogens with one attached hydrogen (secondary N) is 1. The van der Waals surface area contributed by atoms with E-state index < -0.39 is 10.0 Å². The Hall–Kier alpha value is -1.11. The molecule has 2 atom stereocenters. The summed E-state index contributed by atoms with van der Waals surface area (Å²) in [6.07, 6.45) is 4.30. The lowest BCUT2D eigenvalue weighted by molar-refractivity contribution is 0.373. The van der Waals surface area contributed by atoms with Crippen LogP contribution in [0.2, 0.25) is 0 Å². The molecule has 5 nitrogen and oxygen atoms in total. The Morgan fingerprint density at radius 1 is 1.29 bits per heavy atom. The minimum Gasteiger partial charge on any atom is -0.369 e. The highest BCUT2D eigenvalue weighted by molar-refractivity contribution is 7.89. The molecule has 0 spiro atoms. The van der Waals surface area contributed by atoms with E-state index >= 15 is 0 Å². The van der Waals surface area contributed by atoms with Gasteiger partial charge in [0.2, 0.25) is 10.0 Å². The molecule has 1 aliphatic rings. The highest BCUT2D eigenvalue weighted by atomic mass is 32.2. The SMILES string of the molecule is CCNS(=O)(=O)c1ccccc1N(C)C1CCCCC1N. The second-order valence-corrected chi connectivity index (χ2v) is 7.33. The van der Waals surface area contributed by atoms with Gasteiger partial charge in [-0.25, -0.2) is 13.1 Å². The quantitative estimate of drug-likeness (QED) is 0.868. The van der Waals surface area contributed by atoms with Gasteiger partial charge in [0.15, 0.2) is 0 Å². The zero-order chi connectivity index (χ0) is 15.5. The van der Waals surface area contributed by atoms with E-state index in [-0.39, 0.29) is 12.1 Å². The molecule has 0 heterocycles. The standard InChI is InChI=1S/C15H25N3O2S/c1-3-17-21(19,20)15-11-7-6-10-14(15)18(2)13-9-5-4-8-12(13)16/h6-7,10-13,17H,3-5,8-9,16H2,1-2H3. The largest absolute Gasteiger partial charge is 0.369 e. The van der Waals surface area contributed by atoms with Crippen molar-refractivity contribution in [1.29, 1.82) is 0 Å². The molecule has 1 aliphatic carbocycles. The average molecular weight is 311 g/mol. The van der Waals surface area contributed by atoms with Gasteiger partial charge in [-0.05, 0) is 25.0 Å². The Morgan fingerprint density at radius 3 is 2.62 bits per heavy atom. The maximum absolute atomic E-state index is 12.4. The van der Waals surface area contributed by atoms with E-state index in [4.69, 9.17) is 5.73 Å². The van der Waals surface area contributed by atoms with Crippen molar-refractivity contribution in [3.8, 4) is 0 Å². The molecule has 118 valence electrons. The molecule has 0 radical (unpaired) electrons. The van der Waals surface area contributed by atoms with Crippen LogP contribution in [0, 0.1) is 0 Å². The Balaban J connectivity index is 2.35. The smallest absolute Gasteiger partial charge is 0.242 e. The first-order valence-corrected chi connectivity index (χ1v) is 9.02. The predicted molar refractivity (Wildman–Crippen MR) is 85.9 cm³/mol. The van der Waals surface area contributed by atoms with E-state index in [1.807, 2.05) is 24.1 Å². The van der Waals surface area contributed by atoms with Crippen LogP contribution in [-0.4, -0.2) is 34.1 Å². The van der Waals surface area contributed by atoms with E-state index in [1.54, 1.807) is 19.1 Å². The molecule has 1 aromatic rings. The monoisotopic (exact) mass is 311 g/mol. The van der Waals surface area contributed by atoms with Gasteiger partial charge in [0.1, 0.15) is 4.90 Å². The highest BCUT2D eigenvalue weighted by Gasteiger charge is 2.28. The Labute approximate surface area is 127 Å².